The van der Waals surface area contributed by atoms with Gasteiger partial charge in [-0.25, -0.2) is 0 Å². The molecule has 0 spiro atoms. The summed E-state index contributed by atoms with van der Waals surface area (Å²) in [5.41, 5.74) is 0.768. The molecule has 0 saturated carbocycles. The van der Waals surface area contributed by atoms with E-state index in [2.05, 4.69) is 17.2 Å². The van der Waals surface area contributed by atoms with Crippen molar-refractivity contribution < 1.29 is 9.53 Å². The Morgan fingerprint density at radius 2 is 2.40 bits per heavy atom. The lowest BCUT2D eigenvalue weighted by Gasteiger charge is -2.11. The quantitative estimate of drug-likeness (QED) is 0.794. The van der Waals surface area contributed by atoms with Gasteiger partial charge in [-0.05, 0) is 31.5 Å². The zero-order valence-electron chi connectivity index (χ0n) is 11.4. The normalized spacial score (nSPS) is 17.1. The zero-order chi connectivity index (χ0) is 13.5. The van der Waals surface area contributed by atoms with Gasteiger partial charge in [-0.3, -0.25) is 4.79 Å². The fourth-order valence-electron chi connectivity index (χ4n) is 2.19. The number of anilines is 1. The molecule has 1 unspecified atom stereocenters. The maximum atomic E-state index is 11.9. The fourth-order valence-corrected chi connectivity index (χ4v) is 2.19. The first kappa shape index (κ1) is 16.5. The highest BCUT2D eigenvalue weighted by Gasteiger charge is 2.17. The summed E-state index contributed by atoms with van der Waals surface area (Å²) in [5, 5.41) is 6.22. The van der Waals surface area contributed by atoms with Crippen molar-refractivity contribution in [2.75, 3.05) is 18.5 Å². The van der Waals surface area contributed by atoms with Crippen LogP contribution >= 0.6 is 12.4 Å². The predicted molar refractivity (Wildman–Crippen MR) is 83.7 cm³/mol. The molecule has 4 nitrogen and oxygen atoms in total. The van der Waals surface area contributed by atoms with E-state index in [9.17, 15) is 4.79 Å². The third-order valence-electron chi connectivity index (χ3n) is 3.08. The number of benzene rings is 1. The van der Waals surface area contributed by atoms with Crippen LogP contribution in [0.4, 0.5) is 5.69 Å². The van der Waals surface area contributed by atoms with Gasteiger partial charge in [-0.2, -0.15) is 0 Å². The number of halogens is 1. The third kappa shape index (κ3) is 5.23. The van der Waals surface area contributed by atoms with Crippen molar-refractivity contribution in [3.8, 4) is 5.75 Å². The number of carbonyl (C=O) groups is 1. The predicted octanol–water partition coefficient (Wildman–Crippen LogP) is 2.75. The van der Waals surface area contributed by atoms with Crippen molar-refractivity contribution in [1.29, 1.82) is 0 Å². The molecule has 1 aromatic carbocycles. The summed E-state index contributed by atoms with van der Waals surface area (Å²) in [6.45, 7) is 5.08. The number of hydrogen-bond acceptors (Lipinski definition) is 3. The van der Waals surface area contributed by atoms with E-state index in [1.165, 1.54) is 0 Å². The van der Waals surface area contributed by atoms with Crippen LogP contribution in [0.5, 0.6) is 5.75 Å². The van der Waals surface area contributed by atoms with E-state index >= 15 is 0 Å². The number of ether oxygens (including phenoxy) is 1. The molecule has 0 radical (unpaired) electrons. The maximum absolute atomic E-state index is 11.9. The van der Waals surface area contributed by atoms with Gasteiger partial charge in [0.2, 0.25) is 5.91 Å². The Morgan fingerprint density at radius 3 is 3.10 bits per heavy atom. The summed E-state index contributed by atoms with van der Waals surface area (Å²) in [5.74, 6) is 0.775. The van der Waals surface area contributed by atoms with E-state index in [1.54, 1.807) is 6.08 Å². The minimum atomic E-state index is 0. The molecular formula is C15H21ClN2O2. The van der Waals surface area contributed by atoms with E-state index in [0.29, 0.717) is 19.1 Å². The second-order valence-corrected chi connectivity index (χ2v) is 4.67. The van der Waals surface area contributed by atoms with Gasteiger partial charge in [-0.15, -0.1) is 12.4 Å². The minimum Gasteiger partial charge on any atom is -0.489 e. The van der Waals surface area contributed by atoms with Gasteiger partial charge in [0.15, 0.2) is 0 Å². The van der Waals surface area contributed by atoms with Crippen LogP contribution < -0.4 is 15.4 Å². The van der Waals surface area contributed by atoms with Crippen LogP contribution in [-0.2, 0) is 4.79 Å². The Balaban J connectivity index is 0.00000200. The van der Waals surface area contributed by atoms with Gasteiger partial charge >= 0.3 is 0 Å². The molecule has 1 amide bonds. The van der Waals surface area contributed by atoms with E-state index in [1.807, 2.05) is 24.3 Å². The second-order valence-electron chi connectivity index (χ2n) is 4.67. The number of rotatable bonds is 6. The van der Waals surface area contributed by atoms with Crippen LogP contribution in [0.25, 0.3) is 0 Å². The Bertz CT molecular complexity index is 445. The Kier molecular flexibility index (Phi) is 7.12. The lowest BCUT2D eigenvalue weighted by molar-refractivity contribution is -0.116. The van der Waals surface area contributed by atoms with Crippen LogP contribution in [0.2, 0.25) is 0 Å². The molecule has 1 aliphatic rings. The number of amides is 1. The lowest BCUT2D eigenvalue weighted by Crippen LogP contribution is -2.27. The highest BCUT2D eigenvalue weighted by atomic mass is 35.5. The third-order valence-corrected chi connectivity index (χ3v) is 3.08. The Hall–Kier alpha value is -1.52. The molecule has 1 fully saturated rings. The SMILES string of the molecule is C=CCOc1cccc(NC(=O)CC2CCCN2)c1.Cl. The second kappa shape index (κ2) is 8.61. The summed E-state index contributed by atoms with van der Waals surface area (Å²) in [4.78, 5) is 11.9. The molecule has 0 bridgehead atoms. The molecule has 1 atom stereocenters. The average Bonchev–Trinajstić information content (AvgIpc) is 2.89. The fraction of sp³-hybridized carbons (Fsp3) is 0.400. The van der Waals surface area contributed by atoms with Crippen molar-refractivity contribution >= 4 is 24.0 Å². The number of carbonyl (C=O) groups excluding carboxylic acids is 1. The molecule has 0 aliphatic carbocycles. The van der Waals surface area contributed by atoms with Gasteiger partial charge in [0.1, 0.15) is 12.4 Å². The van der Waals surface area contributed by atoms with E-state index in [-0.39, 0.29) is 18.3 Å². The molecule has 1 aliphatic heterocycles. The molecule has 0 aromatic heterocycles. The first-order valence-electron chi connectivity index (χ1n) is 6.65. The van der Waals surface area contributed by atoms with Crippen molar-refractivity contribution in [2.45, 2.75) is 25.3 Å². The maximum Gasteiger partial charge on any atom is 0.225 e. The summed E-state index contributed by atoms with van der Waals surface area (Å²) in [6.07, 6.45) is 4.45. The summed E-state index contributed by atoms with van der Waals surface area (Å²) in [6, 6.07) is 7.73. The molecule has 2 rings (SSSR count). The highest BCUT2D eigenvalue weighted by Crippen LogP contribution is 2.18. The van der Waals surface area contributed by atoms with E-state index < -0.39 is 0 Å². The summed E-state index contributed by atoms with van der Waals surface area (Å²) < 4.78 is 5.43. The van der Waals surface area contributed by atoms with E-state index in [0.717, 1.165) is 30.8 Å². The standard InChI is InChI=1S/C15H20N2O2.ClH/c1-2-9-19-14-7-3-5-13(10-14)17-15(18)11-12-6-4-8-16-12;/h2-3,5,7,10,12,16H,1,4,6,8-9,11H2,(H,17,18);1H. The largest absolute Gasteiger partial charge is 0.489 e. The van der Waals surface area contributed by atoms with Gasteiger partial charge < -0.3 is 15.4 Å². The average molecular weight is 297 g/mol. The Morgan fingerprint density at radius 1 is 1.55 bits per heavy atom. The molecule has 2 N–H and O–H groups in total. The molecule has 5 heteroatoms. The smallest absolute Gasteiger partial charge is 0.225 e. The molecule has 1 aromatic rings. The molecule has 110 valence electrons. The first-order chi connectivity index (χ1) is 9.28. The summed E-state index contributed by atoms with van der Waals surface area (Å²) in [7, 11) is 0. The van der Waals surface area contributed by atoms with E-state index in [4.69, 9.17) is 4.74 Å². The minimum absolute atomic E-state index is 0. The van der Waals surface area contributed by atoms with Crippen LogP contribution in [0, 0.1) is 0 Å². The molecule has 1 saturated heterocycles. The Labute approximate surface area is 126 Å². The molecular weight excluding hydrogens is 276 g/mol. The van der Waals surface area contributed by atoms with Gasteiger partial charge in [0.25, 0.3) is 0 Å². The van der Waals surface area contributed by atoms with Crippen LogP contribution in [0.1, 0.15) is 19.3 Å². The van der Waals surface area contributed by atoms with Gasteiger partial charge in [-0.1, -0.05) is 18.7 Å². The first-order valence-corrected chi connectivity index (χ1v) is 6.65. The van der Waals surface area contributed by atoms with Crippen LogP contribution in [-0.4, -0.2) is 25.1 Å². The van der Waals surface area contributed by atoms with Crippen molar-refractivity contribution in [3.63, 3.8) is 0 Å². The van der Waals surface area contributed by atoms with Crippen LogP contribution in [0.3, 0.4) is 0 Å². The highest BCUT2D eigenvalue weighted by molar-refractivity contribution is 5.91. The zero-order valence-corrected chi connectivity index (χ0v) is 12.2. The monoisotopic (exact) mass is 296 g/mol. The molecule has 1 heterocycles. The lowest BCUT2D eigenvalue weighted by atomic mass is 10.1. The topological polar surface area (TPSA) is 50.4 Å². The van der Waals surface area contributed by atoms with Crippen molar-refractivity contribution in [3.05, 3.63) is 36.9 Å². The number of nitrogens with one attached hydrogen (secondary N) is 2. The van der Waals surface area contributed by atoms with Crippen molar-refractivity contribution in [2.24, 2.45) is 0 Å². The van der Waals surface area contributed by atoms with Gasteiger partial charge in [0.05, 0.1) is 0 Å². The summed E-state index contributed by atoms with van der Waals surface area (Å²) >= 11 is 0. The van der Waals surface area contributed by atoms with Crippen LogP contribution in [0.15, 0.2) is 36.9 Å². The number of hydrogen-bond donors (Lipinski definition) is 2. The van der Waals surface area contributed by atoms with Gasteiger partial charge in [0, 0.05) is 24.2 Å². The molecule has 20 heavy (non-hydrogen) atoms. The van der Waals surface area contributed by atoms with Crippen molar-refractivity contribution in [1.82, 2.24) is 5.32 Å².